The number of aromatic carboxylic acids is 1. The number of nitrogens with zero attached hydrogens (tertiary/aromatic N) is 3. The second-order valence-electron chi connectivity index (χ2n) is 6.23. The van der Waals surface area contributed by atoms with E-state index in [1.54, 1.807) is 48.7 Å². The lowest BCUT2D eigenvalue weighted by Gasteiger charge is -2.28. The van der Waals surface area contributed by atoms with Gasteiger partial charge in [-0.05, 0) is 35.9 Å². The van der Waals surface area contributed by atoms with E-state index >= 15 is 0 Å². The van der Waals surface area contributed by atoms with Gasteiger partial charge in [-0.2, -0.15) is 0 Å². The molecular formula is C22H21N3O3. The molecule has 142 valence electrons. The van der Waals surface area contributed by atoms with Gasteiger partial charge in [-0.25, -0.2) is 14.8 Å². The number of aromatic nitrogens is 2. The summed E-state index contributed by atoms with van der Waals surface area (Å²) in [6, 6.07) is 15.2. The van der Waals surface area contributed by atoms with E-state index in [1.165, 1.54) is 12.1 Å². The Hall–Kier alpha value is -3.25. The molecule has 1 fully saturated rings. The van der Waals surface area contributed by atoms with Crippen LogP contribution in [0.3, 0.4) is 0 Å². The number of benzene rings is 2. The van der Waals surface area contributed by atoms with E-state index in [1.807, 2.05) is 0 Å². The van der Waals surface area contributed by atoms with Crippen LogP contribution in [0.5, 0.6) is 0 Å². The molecule has 1 aliphatic heterocycles. The van der Waals surface area contributed by atoms with E-state index in [-0.39, 0.29) is 18.8 Å². The predicted octanol–water partition coefficient (Wildman–Crippen LogP) is 3.27. The molecule has 0 saturated carbocycles. The lowest BCUT2D eigenvalue weighted by Crippen LogP contribution is -2.36. The zero-order valence-corrected chi connectivity index (χ0v) is 15.0. The minimum absolute atomic E-state index is 0.206. The van der Waals surface area contributed by atoms with E-state index in [0.29, 0.717) is 23.6 Å². The van der Waals surface area contributed by atoms with E-state index in [0.717, 1.165) is 16.0 Å². The fraction of sp³-hybridized carbons (Fsp3) is 0.227. The van der Waals surface area contributed by atoms with Gasteiger partial charge in [0.25, 0.3) is 0 Å². The first-order valence-corrected chi connectivity index (χ1v) is 8.78. The summed E-state index contributed by atoms with van der Waals surface area (Å²) >= 11 is 0. The topological polar surface area (TPSA) is 75.5 Å². The SMILES string of the molecule is [2H]C1([2H])COCC([2H])([2H])N1c1ccc(Cc2nccc(-c3ccc(C(=O)O)cc3)n2)cc1. The number of ether oxygens (including phenoxy) is 1. The summed E-state index contributed by atoms with van der Waals surface area (Å²) < 4.78 is 37.6. The standard InChI is InChI=1S/C22H21N3O3/c26-22(27)18-5-3-17(4-6-18)20-9-10-23-21(24-20)15-16-1-7-19(8-2-16)25-11-13-28-14-12-25/h1-10H,11-15H2,(H,26,27)/i11D2,12D2. The Labute approximate surface area is 169 Å². The van der Waals surface area contributed by atoms with E-state index < -0.39 is 19.0 Å². The van der Waals surface area contributed by atoms with Crippen molar-refractivity contribution in [3.05, 3.63) is 77.7 Å². The third kappa shape index (κ3) is 4.18. The molecule has 3 aromatic rings. The number of hydrogen-bond donors (Lipinski definition) is 1. The lowest BCUT2D eigenvalue weighted by molar-refractivity contribution is 0.0697. The zero-order valence-electron chi connectivity index (χ0n) is 19.0. The molecule has 0 spiro atoms. The fourth-order valence-corrected chi connectivity index (χ4v) is 2.88. The minimum atomic E-state index is -1.96. The summed E-state index contributed by atoms with van der Waals surface area (Å²) in [4.78, 5) is 21.0. The predicted molar refractivity (Wildman–Crippen MR) is 107 cm³/mol. The first kappa shape index (κ1) is 13.8. The summed E-state index contributed by atoms with van der Waals surface area (Å²) in [6.45, 7) is -4.33. The number of hydrogen-bond acceptors (Lipinski definition) is 5. The molecular weight excluding hydrogens is 354 g/mol. The van der Waals surface area contributed by atoms with Gasteiger partial charge in [0.05, 0.1) is 30.0 Å². The highest BCUT2D eigenvalue weighted by Gasteiger charge is 2.11. The van der Waals surface area contributed by atoms with Crippen LogP contribution in [0.25, 0.3) is 11.3 Å². The molecule has 0 unspecified atom stereocenters. The molecule has 4 rings (SSSR count). The van der Waals surface area contributed by atoms with Crippen molar-refractivity contribution in [2.45, 2.75) is 6.42 Å². The summed E-state index contributed by atoms with van der Waals surface area (Å²) in [6.07, 6.45) is 2.08. The maximum Gasteiger partial charge on any atom is 0.335 e. The van der Waals surface area contributed by atoms with Crippen molar-refractivity contribution in [3.8, 4) is 11.3 Å². The van der Waals surface area contributed by atoms with Gasteiger partial charge in [-0.15, -0.1) is 0 Å². The lowest BCUT2D eigenvalue weighted by atomic mass is 10.1. The Kier molecular flexibility index (Phi) is 4.05. The molecule has 6 heteroatoms. The monoisotopic (exact) mass is 379 g/mol. The highest BCUT2D eigenvalue weighted by atomic mass is 16.5. The second kappa shape index (κ2) is 8.19. The number of morpholine rings is 1. The third-order valence-electron chi connectivity index (χ3n) is 4.34. The Morgan fingerprint density at radius 3 is 2.46 bits per heavy atom. The van der Waals surface area contributed by atoms with Crippen molar-refractivity contribution in [3.63, 3.8) is 0 Å². The molecule has 0 bridgehead atoms. The molecule has 6 nitrogen and oxygen atoms in total. The number of carboxylic acid groups (broad SMARTS) is 1. The molecule has 1 saturated heterocycles. The maximum atomic E-state index is 11.0. The van der Waals surface area contributed by atoms with E-state index in [4.69, 9.17) is 15.3 Å². The first-order valence-electron chi connectivity index (χ1n) is 10.8. The van der Waals surface area contributed by atoms with Crippen LogP contribution in [0.4, 0.5) is 5.69 Å². The van der Waals surface area contributed by atoms with Gasteiger partial charge in [-0.3, -0.25) is 0 Å². The molecule has 2 heterocycles. The highest BCUT2D eigenvalue weighted by molar-refractivity contribution is 5.88. The van der Waals surface area contributed by atoms with Gasteiger partial charge in [-0.1, -0.05) is 24.3 Å². The molecule has 1 aliphatic rings. The van der Waals surface area contributed by atoms with Crippen LogP contribution in [0.2, 0.25) is 0 Å². The Morgan fingerprint density at radius 2 is 1.79 bits per heavy atom. The van der Waals surface area contributed by atoms with Crippen LogP contribution in [-0.2, 0) is 11.2 Å². The van der Waals surface area contributed by atoms with Gasteiger partial charge in [0.1, 0.15) is 5.82 Å². The average Bonchev–Trinajstić information content (AvgIpc) is 2.74. The average molecular weight is 379 g/mol. The number of carboxylic acids is 1. The van der Waals surface area contributed by atoms with Crippen molar-refractivity contribution in [2.24, 2.45) is 0 Å². The molecule has 0 amide bonds. The molecule has 1 N–H and O–H groups in total. The highest BCUT2D eigenvalue weighted by Crippen LogP contribution is 2.20. The molecule has 1 aromatic heterocycles. The van der Waals surface area contributed by atoms with Crippen LogP contribution in [0.15, 0.2) is 60.8 Å². The molecule has 0 aliphatic carbocycles. The van der Waals surface area contributed by atoms with Crippen LogP contribution in [0.1, 0.15) is 27.2 Å². The Morgan fingerprint density at radius 1 is 1.07 bits per heavy atom. The van der Waals surface area contributed by atoms with Crippen molar-refractivity contribution in [1.82, 2.24) is 9.97 Å². The van der Waals surface area contributed by atoms with Crippen molar-refractivity contribution < 1.29 is 20.1 Å². The quantitative estimate of drug-likeness (QED) is 0.733. The van der Waals surface area contributed by atoms with Gasteiger partial charge < -0.3 is 14.7 Å². The molecule has 28 heavy (non-hydrogen) atoms. The van der Waals surface area contributed by atoms with Crippen molar-refractivity contribution in [2.75, 3.05) is 31.1 Å². The third-order valence-corrected chi connectivity index (χ3v) is 4.34. The summed E-state index contributed by atoms with van der Waals surface area (Å²) in [7, 11) is 0. The van der Waals surface area contributed by atoms with Crippen LogP contribution in [0, 0.1) is 0 Å². The molecule has 2 aromatic carbocycles. The van der Waals surface area contributed by atoms with E-state index in [2.05, 4.69) is 9.97 Å². The smallest absolute Gasteiger partial charge is 0.335 e. The van der Waals surface area contributed by atoms with Crippen LogP contribution >= 0.6 is 0 Å². The minimum Gasteiger partial charge on any atom is -0.478 e. The van der Waals surface area contributed by atoms with Crippen molar-refractivity contribution in [1.29, 1.82) is 0 Å². The largest absolute Gasteiger partial charge is 0.478 e. The maximum absolute atomic E-state index is 11.0. The normalized spacial score (nSPS) is 19.8. The Balaban J connectivity index is 1.53. The summed E-state index contributed by atoms with van der Waals surface area (Å²) in [5, 5.41) is 9.04. The molecule has 0 radical (unpaired) electrons. The zero-order chi connectivity index (χ0) is 22.9. The number of carbonyl (C=O) groups is 1. The second-order valence-corrected chi connectivity index (χ2v) is 6.23. The Bertz CT molecular complexity index is 1110. The van der Waals surface area contributed by atoms with Gasteiger partial charge >= 0.3 is 5.97 Å². The number of anilines is 1. The van der Waals surface area contributed by atoms with Crippen molar-refractivity contribution >= 4 is 11.7 Å². The fourth-order valence-electron chi connectivity index (χ4n) is 2.88. The van der Waals surface area contributed by atoms with Crippen LogP contribution in [-0.4, -0.2) is 47.3 Å². The summed E-state index contributed by atoms with van der Waals surface area (Å²) in [5.74, 6) is -0.406. The first-order chi connectivity index (χ1) is 15.2. The molecule has 0 atom stereocenters. The van der Waals surface area contributed by atoms with Gasteiger partial charge in [0, 0.05) is 36.9 Å². The summed E-state index contributed by atoms with van der Waals surface area (Å²) in [5.41, 5.74) is 2.99. The van der Waals surface area contributed by atoms with E-state index in [9.17, 15) is 4.79 Å². The van der Waals surface area contributed by atoms with Gasteiger partial charge in [0.15, 0.2) is 0 Å². The number of rotatable bonds is 5. The van der Waals surface area contributed by atoms with Crippen LogP contribution < -0.4 is 4.90 Å². The van der Waals surface area contributed by atoms with Gasteiger partial charge in [0.2, 0.25) is 0 Å².